The molecule has 1 aliphatic heterocycles. The maximum Gasteiger partial charge on any atom is 0.243 e. The van der Waals surface area contributed by atoms with Crippen molar-refractivity contribution in [2.75, 3.05) is 20.2 Å². The van der Waals surface area contributed by atoms with Gasteiger partial charge in [-0.3, -0.25) is 4.79 Å². The Kier molecular flexibility index (Phi) is 6.02. The summed E-state index contributed by atoms with van der Waals surface area (Å²) < 4.78 is 35.1. The van der Waals surface area contributed by atoms with Gasteiger partial charge in [0.15, 0.2) is 0 Å². The van der Waals surface area contributed by atoms with E-state index in [0.29, 0.717) is 25.9 Å². The molecule has 0 aliphatic carbocycles. The van der Waals surface area contributed by atoms with Gasteiger partial charge in [0, 0.05) is 43.8 Å². The van der Waals surface area contributed by atoms with Crippen LogP contribution in [0.2, 0.25) is 0 Å². The summed E-state index contributed by atoms with van der Waals surface area (Å²) in [7, 11) is -0.131. The first kappa shape index (κ1) is 21.4. The normalized spacial score (nSPS) is 17.5. The third-order valence-electron chi connectivity index (χ3n) is 5.85. The maximum atomic E-state index is 13.2. The molecular weight excluding hydrogens is 414 g/mol. The highest BCUT2D eigenvalue weighted by Gasteiger charge is 2.33. The van der Waals surface area contributed by atoms with Gasteiger partial charge in [-0.25, -0.2) is 8.42 Å². The second kappa shape index (κ2) is 8.72. The van der Waals surface area contributed by atoms with Gasteiger partial charge in [-0.05, 0) is 54.8 Å². The predicted molar refractivity (Wildman–Crippen MR) is 119 cm³/mol. The smallest absolute Gasteiger partial charge is 0.243 e. The van der Waals surface area contributed by atoms with Crippen molar-refractivity contribution >= 4 is 26.8 Å². The van der Waals surface area contributed by atoms with Crippen molar-refractivity contribution in [3.8, 4) is 5.75 Å². The minimum Gasteiger partial charge on any atom is -0.497 e. The van der Waals surface area contributed by atoms with Crippen LogP contribution in [0.4, 0.5) is 0 Å². The van der Waals surface area contributed by atoms with E-state index in [1.165, 1.54) is 4.31 Å². The molecule has 1 atom stereocenters. The Balaban J connectivity index is 1.44. The largest absolute Gasteiger partial charge is 0.497 e. The number of carbonyl (C=O) groups excluding carboxylic acids is 1. The third-order valence-corrected chi connectivity index (χ3v) is 7.71. The molecule has 1 saturated heterocycles. The Morgan fingerprint density at radius 2 is 2.03 bits per heavy atom. The predicted octanol–water partition coefficient (Wildman–Crippen LogP) is 2.90. The molecule has 164 valence electrons. The minimum atomic E-state index is -3.66. The second-order valence-corrected chi connectivity index (χ2v) is 9.86. The number of carbonyl (C=O) groups is 1. The van der Waals surface area contributed by atoms with Crippen molar-refractivity contribution in [2.45, 2.75) is 24.3 Å². The topological polar surface area (TPSA) is 80.6 Å². The summed E-state index contributed by atoms with van der Waals surface area (Å²) in [4.78, 5) is 13.0. The summed E-state index contributed by atoms with van der Waals surface area (Å²) in [5, 5.41) is 3.82. The first-order valence-electron chi connectivity index (χ1n) is 10.3. The average molecular weight is 442 g/mol. The van der Waals surface area contributed by atoms with Gasteiger partial charge < -0.3 is 14.6 Å². The van der Waals surface area contributed by atoms with Crippen LogP contribution in [0.3, 0.4) is 0 Å². The van der Waals surface area contributed by atoms with Crippen LogP contribution < -0.4 is 10.1 Å². The van der Waals surface area contributed by atoms with E-state index in [9.17, 15) is 13.2 Å². The molecule has 1 fully saturated rings. The molecule has 3 aromatic rings. The number of aromatic nitrogens is 1. The molecule has 1 aromatic heterocycles. The first-order chi connectivity index (χ1) is 14.9. The van der Waals surface area contributed by atoms with Gasteiger partial charge in [0.05, 0.1) is 17.9 Å². The number of piperidine rings is 1. The monoisotopic (exact) mass is 441 g/mol. The summed E-state index contributed by atoms with van der Waals surface area (Å²) in [6.07, 6.45) is 3.24. The number of rotatable bonds is 6. The van der Waals surface area contributed by atoms with E-state index in [1.807, 2.05) is 54.2 Å². The number of aryl methyl sites for hydroxylation is 1. The van der Waals surface area contributed by atoms with Crippen LogP contribution in [0.15, 0.2) is 59.6 Å². The summed E-state index contributed by atoms with van der Waals surface area (Å²) in [6.45, 7) is 0.998. The van der Waals surface area contributed by atoms with Crippen molar-refractivity contribution in [3.05, 3.63) is 60.3 Å². The summed E-state index contributed by atoms with van der Waals surface area (Å²) >= 11 is 0. The molecule has 0 spiro atoms. The van der Waals surface area contributed by atoms with Gasteiger partial charge in [-0.1, -0.05) is 12.1 Å². The number of nitrogens with one attached hydrogen (secondary N) is 1. The number of nitrogens with zero attached hydrogens (tertiary/aromatic N) is 2. The van der Waals surface area contributed by atoms with E-state index in [1.54, 1.807) is 19.2 Å². The second-order valence-electron chi connectivity index (χ2n) is 7.92. The molecule has 2 heterocycles. The van der Waals surface area contributed by atoms with Crippen LogP contribution in [-0.4, -0.2) is 43.4 Å². The lowest BCUT2D eigenvalue weighted by Crippen LogP contribution is -2.45. The van der Waals surface area contributed by atoms with E-state index in [-0.39, 0.29) is 23.3 Å². The van der Waals surface area contributed by atoms with E-state index < -0.39 is 10.0 Å². The lowest BCUT2D eigenvalue weighted by molar-refractivity contribution is -0.126. The molecule has 0 saturated carbocycles. The number of amides is 1. The number of ether oxygens (including phenoxy) is 1. The quantitative estimate of drug-likeness (QED) is 0.638. The van der Waals surface area contributed by atoms with Crippen LogP contribution in [0.1, 0.15) is 18.4 Å². The zero-order valence-electron chi connectivity index (χ0n) is 17.7. The molecule has 0 radical (unpaired) electrons. The van der Waals surface area contributed by atoms with E-state index >= 15 is 0 Å². The lowest BCUT2D eigenvalue weighted by Gasteiger charge is -2.31. The zero-order valence-corrected chi connectivity index (χ0v) is 18.6. The maximum absolute atomic E-state index is 13.2. The molecule has 0 unspecified atom stereocenters. The van der Waals surface area contributed by atoms with Gasteiger partial charge in [-0.2, -0.15) is 4.31 Å². The van der Waals surface area contributed by atoms with Gasteiger partial charge in [0.2, 0.25) is 15.9 Å². The summed E-state index contributed by atoms with van der Waals surface area (Å²) in [5.41, 5.74) is 1.91. The van der Waals surface area contributed by atoms with Gasteiger partial charge >= 0.3 is 0 Å². The van der Waals surface area contributed by atoms with Crippen LogP contribution in [0.25, 0.3) is 10.9 Å². The lowest BCUT2D eigenvalue weighted by atomic mass is 9.99. The highest BCUT2D eigenvalue weighted by atomic mass is 32.2. The van der Waals surface area contributed by atoms with Crippen LogP contribution in [0, 0.1) is 5.92 Å². The Morgan fingerprint density at radius 1 is 1.19 bits per heavy atom. The molecular formula is C23H27N3O4S. The van der Waals surface area contributed by atoms with Crippen LogP contribution in [-0.2, 0) is 28.4 Å². The van der Waals surface area contributed by atoms with Crippen molar-refractivity contribution in [1.29, 1.82) is 0 Å². The molecule has 1 N–H and O–H groups in total. The number of methoxy groups -OCH3 is 1. The molecule has 1 amide bonds. The van der Waals surface area contributed by atoms with Crippen LogP contribution >= 0.6 is 0 Å². The molecule has 7 nitrogen and oxygen atoms in total. The van der Waals surface area contributed by atoms with E-state index in [0.717, 1.165) is 22.2 Å². The van der Waals surface area contributed by atoms with Crippen molar-refractivity contribution in [2.24, 2.45) is 13.0 Å². The molecule has 8 heteroatoms. The molecule has 4 rings (SSSR count). The number of hydrogen-bond acceptors (Lipinski definition) is 4. The van der Waals surface area contributed by atoms with Crippen LogP contribution in [0.5, 0.6) is 5.75 Å². The Morgan fingerprint density at radius 3 is 2.84 bits per heavy atom. The van der Waals surface area contributed by atoms with Gasteiger partial charge in [0.1, 0.15) is 5.75 Å². The van der Waals surface area contributed by atoms with Gasteiger partial charge in [0.25, 0.3) is 0 Å². The van der Waals surface area contributed by atoms with Crippen molar-refractivity contribution < 1.29 is 17.9 Å². The Labute approximate surface area is 182 Å². The first-order valence-corrected chi connectivity index (χ1v) is 11.8. The fourth-order valence-corrected chi connectivity index (χ4v) is 5.62. The number of fused-ring (bicyclic) bond motifs is 1. The van der Waals surface area contributed by atoms with E-state index in [4.69, 9.17) is 4.74 Å². The SMILES string of the molecule is COc1cccc(CNC(=O)[C@H]2CCCN(S(=O)(=O)c3ccc4c(ccn4C)c3)C2)c1. The van der Waals surface area contributed by atoms with Crippen molar-refractivity contribution in [3.63, 3.8) is 0 Å². The van der Waals surface area contributed by atoms with E-state index in [2.05, 4.69) is 5.32 Å². The highest BCUT2D eigenvalue weighted by molar-refractivity contribution is 7.89. The fraction of sp³-hybridized carbons (Fsp3) is 0.348. The standard InChI is InChI=1S/C23H27N3O4S/c1-25-12-10-18-14-21(8-9-22(18)25)31(28,29)26-11-4-6-19(16-26)23(27)24-15-17-5-3-7-20(13-17)30-2/h3,5,7-10,12-14,19H,4,6,11,15-16H2,1-2H3,(H,24,27)/t19-/m0/s1. The van der Waals surface area contributed by atoms with Gasteiger partial charge in [-0.15, -0.1) is 0 Å². The molecule has 31 heavy (non-hydrogen) atoms. The summed E-state index contributed by atoms with van der Waals surface area (Å²) in [6, 6.07) is 14.6. The molecule has 0 bridgehead atoms. The minimum absolute atomic E-state index is 0.124. The molecule has 2 aromatic carbocycles. The molecule has 1 aliphatic rings. The number of benzene rings is 2. The zero-order chi connectivity index (χ0) is 22.0. The van der Waals surface area contributed by atoms with Crippen molar-refractivity contribution in [1.82, 2.24) is 14.2 Å². The number of sulfonamides is 1. The Bertz CT molecular complexity index is 1200. The third kappa shape index (κ3) is 4.45. The number of hydrogen-bond donors (Lipinski definition) is 1. The average Bonchev–Trinajstić information content (AvgIpc) is 3.17. The highest BCUT2D eigenvalue weighted by Crippen LogP contribution is 2.26. The fourth-order valence-electron chi connectivity index (χ4n) is 4.06. The summed E-state index contributed by atoms with van der Waals surface area (Å²) in [5.74, 6) is 0.243. The Hall–Kier alpha value is -2.84.